The van der Waals surface area contributed by atoms with Gasteiger partial charge in [-0.2, -0.15) is 0 Å². The van der Waals surface area contributed by atoms with E-state index >= 15 is 0 Å². The van der Waals surface area contributed by atoms with Crippen molar-refractivity contribution in [3.63, 3.8) is 0 Å². The molecule has 0 saturated carbocycles. The third-order valence-corrected chi connectivity index (χ3v) is 2.77. The van der Waals surface area contributed by atoms with Gasteiger partial charge in [-0.25, -0.2) is 0 Å². The first-order chi connectivity index (χ1) is 9.95. The summed E-state index contributed by atoms with van der Waals surface area (Å²) in [5.41, 5.74) is 10.8. The Labute approximate surface area is 130 Å². The van der Waals surface area contributed by atoms with Gasteiger partial charge < -0.3 is 10.5 Å². The first kappa shape index (κ1) is 19.0. The predicted molar refractivity (Wildman–Crippen MR) is 94.4 cm³/mol. The maximum Gasteiger partial charge on any atom is 0.122 e. The molecule has 0 amide bonds. The highest BCUT2D eigenvalue weighted by molar-refractivity contribution is 5.79. The molecule has 0 aliphatic rings. The topological polar surface area (TPSA) is 35.2 Å². The van der Waals surface area contributed by atoms with Gasteiger partial charge in [0.2, 0.25) is 0 Å². The second-order valence-electron chi connectivity index (χ2n) is 4.68. The van der Waals surface area contributed by atoms with Crippen molar-refractivity contribution >= 4 is 5.57 Å². The van der Waals surface area contributed by atoms with Gasteiger partial charge >= 0.3 is 0 Å². The van der Waals surface area contributed by atoms with Crippen molar-refractivity contribution in [2.45, 2.75) is 41.5 Å². The number of benzene rings is 1. The summed E-state index contributed by atoms with van der Waals surface area (Å²) in [7, 11) is 0. The largest absolute Gasteiger partial charge is 0.494 e. The van der Waals surface area contributed by atoms with Crippen LogP contribution in [0.25, 0.3) is 5.57 Å². The Morgan fingerprint density at radius 1 is 1.24 bits per heavy atom. The molecule has 116 valence electrons. The van der Waals surface area contributed by atoms with E-state index in [0.29, 0.717) is 6.61 Å². The van der Waals surface area contributed by atoms with Crippen LogP contribution in [0.5, 0.6) is 5.75 Å². The number of hydrogen-bond donors (Lipinski definition) is 1. The van der Waals surface area contributed by atoms with E-state index in [1.54, 1.807) is 0 Å². The van der Waals surface area contributed by atoms with Crippen LogP contribution >= 0.6 is 0 Å². The van der Waals surface area contributed by atoms with E-state index in [0.717, 1.165) is 33.7 Å². The number of ether oxygens (including phenoxy) is 1. The van der Waals surface area contributed by atoms with Crippen LogP contribution in [0, 0.1) is 6.92 Å². The molecule has 1 aromatic rings. The number of hydrogen-bond acceptors (Lipinski definition) is 2. The molecule has 0 saturated heterocycles. The molecule has 0 radical (unpaired) electrons. The zero-order valence-electron chi connectivity index (χ0n) is 14.3. The van der Waals surface area contributed by atoms with Crippen molar-refractivity contribution in [1.29, 1.82) is 0 Å². The molecule has 21 heavy (non-hydrogen) atoms. The quantitative estimate of drug-likeness (QED) is 0.751. The SMILES string of the molecule is C=C(C)/C(=C\C=C(/C)N)c1ccc(C)c(OCC)c1.CC. The normalized spacial score (nSPS) is 11.5. The van der Waals surface area contributed by atoms with Crippen molar-refractivity contribution in [3.8, 4) is 5.75 Å². The van der Waals surface area contributed by atoms with Crippen LogP contribution in [-0.2, 0) is 0 Å². The van der Waals surface area contributed by atoms with Crippen LogP contribution in [0.3, 0.4) is 0 Å². The first-order valence-electron chi connectivity index (χ1n) is 7.49. The lowest BCUT2D eigenvalue weighted by Crippen LogP contribution is -1.96. The monoisotopic (exact) mass is 287 g/mol. The van der Waals surface area contributed by atoms with Gasteiger partial charge in [0, 0.05) is 5.70 Å². The Hall–Kier alpha value is -1.96. The molecule has 1 rings (SSSR count). The van der Waals surface area contributed by atoms with Crippen LogP contribution in [-0.4, -0.2) is 6.61 Å². The summed E-state index contributed by atoms with van der Waals surface area (Å²) in [6.45, 7) is 16.6. The van der Waals surface area contributed by atoms with Crippen LogP contribution in [0.2, 0.25) is 0 Å². The number of rotatable bonds is 5. The highest BCUT2D eigenvalue weighted by Gasteiger charge is 2.06. The number of allylic oxidation sites excluding steroid dienone is 5. The molecule has 1 aromatic carbocycles. The van der Waals surface area contributed by atoms with Crippen LogP contribution in [0.1, 0.15) is 45.7 Å². The lowest BCUT2D eigenvalue weighted by molar-refractivity contribution is 0.338. The Kier molecular flexibility index (Phi) is 8.95. The molecule has 2 heteroatoms. The van der Waals surface area contributed by atoms with Gasteiger partial charge in [0.25, 0.3) is 0 Å². The molecular weight excluding hydrogens is 258 g/mol. The second-order valence-corrected chi connectivity index (χ2v) is 4.68. The lowest BCUT2D eigenvalue weighted by atomic mass is 9.98. The Bertz CT molecular complexity index is 520. The minimum atomic E-state index is 0.665. The minimum Gasteiger partial charge on any atom is -0.494 e. The molecule has 0 aromatic heterocycles. The molecule has 0 bridgehead atoms. The Balaban J connectivity index is 0.00000191. The molecule has 2 nitrogen and oxygen atoms in total. The summed E-state index contributed by atoms with van der Waals surface area (Å²) >= 11 is 0. The van der Waals surface area contributed by atoms with E-state index in [2.05, 4.69) is 24.8 Å². The summed E-state index contributed by atoms with van der Waals surface area (Å²) in [4.78, 5) is 0. The van der Waals surface area contributed by atoms with Crippen molar-refractivity contribution in [1.82, 2.24) is 0 Å². The highest BCUT2D eigenvalue weighted by atomic mass is 16.5. The zero-order chi connectivity index (χ0) is 16.4. The number of aryl methyl sites for hydroxylation is 1. The van der Waals surface area contributed by atoms with E-state index in [9.17, 15) is 0 Å². The molecule has 0 unspecified atom stereocenters. The van der Waals surface area contributed by atoms with Crippen LogP contribution in [0.15, 0.2) is 48.2 Å². The third kappa shape index (κ3) is 6.35. The molecule has 0 aliphatic carbocycles. The fraction of sp³-hybridized carbons (Fsp3) is 0.368. The predicted octanol–water partition coefficient (Wildman–Crippen LogP) is 5.24. The fourth-order valence-corrected chi connectivity index (χ4v) is 1.78. The van der Waals surface area contributed by atoms with Gasteiger partial charge in [-0.05, 0) is 56.5 Å². The van der Waals surface area contributed by atoms with Gasteiger partial charge in [-0.1, -0.05) is 44.2 Å². The average molecular weight is 287 g/mol. The lowest BCUT2D eigenvalue weighted by Gasteiger charge is -2.12. The highest BCUT2D eigenvalue weighted by Crippen LogP contribution is 2.27. The third-order valence-electron chi connectivity index (χ3n) is 2.77. The molecule has 0 fully saturated rings. The maximum atomic E-state index is 5.68. The fourth-order valence-electron chi connectivity index (χ4n) is 1.78. The zero-order valence-corrected chi connectivity index (χ0v) is 14.3. The van der Waals surface area contributed by atoms with Gasteiger partial charge in [0.1, 0.15) is 5.75 Å². The maximum absolute atomic E-state index is 5.68. The molecule has 2 N–H and O–H groups in total. The number of nitrogens with two attached hydrogens (primary N) is 1. The van der Waals surface area contributed by atoms with E-state index in [-0.39, 0.29) is 0 Å². The summed E-state index contributed by atoms with van der Waals surface area (Å²) in [5.74, 6) is 0.917. The standard InChI is InChI=1S/C17H23NO.C2H6/c1-6-19-17-11-15(9-7-13(17)4)16(12(2)3)10-8-14(5)18;1-2/h7-11H,2,6,18H2,1,3-5H3;1-2H3/b14-8+,16-10+;. The Morgan fingerprint density at radius 3 is 2.33 bits per heavy atom. The first-order valence-corrected chi connectivity index (χ1v) is 7.49. The van der Waals surface area contributed by atoms with Crippen molar-refractivity contribution in [3.05, 3.63) is 59.3 Å². The van der Waals surface area contributed by atoms with Gasteiger partial charge in [-0.3, -0.25) is 0 Å². The van der Waals surface area contributed by atoms with E-state index in [1.165, 1.54) is 0 Å². The molecule has 0 heterocycles. The van der Waals surface area contributed by atoms with Crippen LogP contribution in [0.4, 0.5) is 0 Å². The van der Waals surface area contributed by atoms with E-state index < -0.39 is 0 Å². The summed E-state index contributed by atoms with van der Waals surface area (Å²) in [5, 5.41) is 0. The second kappa shape index (κ2) is 9.87. The summed E-state index contributed by atoms with van der Waals surface area (Å²) in [6.07, 6.45) is 3.89. The van der Waals surface area contributed by atoms with Crippen molar-refractivity contribution in [2.24, 2.45) is 5.73 Å². The smallest absolute Gasteiger partial charge is 0.122 e. The van der Waals surface area contributed by atoms with E-state index in [1.807, 2.05) is 53.7 Å². The van der Waals surface area contributed by atoms with Crippen LogP contribution < -0.4 is 10.5 Å². The van der Waals surface area contributed by atoms with E-state index in [4.69, 9.17) is 10.5 Å². The minimum absolute atomic E-state index is 0.665. The van der Waals surface area contributed by atoms with Crippen molar-refractivity contribution in [2.75, 3.05) is 6.61 Å². The Morgan fingerprint density at radius 2 is 1.86 bits per heavy atom. The van der Waals surface area contributed by atoms with Crippen molar-refractivity contribution < 1.29 is 4.74 Å². The summed E-state index contributed by atoms with van der Waals surface area (Å²) < 4.78 is 5.64. The van der Waals surface area contributed by atoms with Gasteiger partial charge in [0.15, 0.2) is 0 Å². The summed E-state index contributed by atoms with van der Waals surface area (Å²) in [6, 6.07) is 6.20. The van der Waals surface area contributed by atoms with Gasteiger partial charge in [-0.15, -0.1) is 0 Å². The van der Waals surface area contributed by atoms with Gasteiger partial charge in [0.05, 0.1) is 6.61 Å². The average Bonchev–Trinajstić information content (AvgIpc) is 2.44. The molecule has 0 spiro atoms. The molecular formula is C19H29NO. The molecule has 0 aliphatic heterocycles. The molecule has 0 atom stereocenters.